The highest BCUT2D eigenvalue weighted by atomic mass is 16.1. The van der Waals surface area contributed by atoms with Crippen LogP contribution in [0.3, 0.4) is 0 Å². The van der Waals surface area contributed by atoms with Crippen LogP contribution in [0.4, 0.5) is 0 Å². The molecule has 0 radical (unpaired) electrons. The van der Waals surface area contributed by atoms with E-state index in [9.17, 15) is 4.79 Å². The summed E-state index contributed by atoms with van der Waals surface area (Å²) in [4.78, 5) is 12.2. The molecule has 1 atom stereocenters. The molecule has 3 rings (SSSR count). The number of rotatable bonds is 5. The summed E-state index contributed by atoms with van der Waals surface area (Å²) >= 11 is 0. The van der Waals surface area contributed by atoms with E-state index >= 15 is 0 Å². The zero-order valence-electron chi connectivity index (χ0n) is 12.2. The predicted octanol–water partition coefficient (Wildman–Crippen LogP) is 3.38. The lowest BCUT2D eigenvalue weighted by molar-refractivity contribution is -0.118. The fourth-order valence-electron chi connectivity index (χ4n) is 3.10. The Morgan fingerprint density at radius 1 is 1.05 bits per heavy atom. The van der Waals surface area contributed by atoms with Crippen LogP contribution in [0.2, 0.25) is 0 Å². The largest absolute Gasteiger partial charge is 0.324 e. The minimum absolute atomic E-state index is 0.201. The highest BCUT2D eigenvalue weighted by molar-refractivity contribution is 5.81. The minimum Gasteiger partial charge on any atom is -0.324 e. The lowest BCUT2D eigenvalue weighted by atomic mass is 9.97. The van der Waals surface area contributed by atoms with Crippen molar-refractivity contribution >= 4 is 5.78 Å². The summed E-state index contributed by atoms with van der Waals surface area (Å²) < 4.78 is 0. The van der Waals surface area contributed by atoms with Gasteiger partial charge < -0.3 is 5.73 Å². The Labute approximate surface area is 126 Å². The molecule has 0 bridgehead atoms. The molecule has 0 aliphatic heterocycles. The lowest BCUT2D eigenvalue weighted by Gasteiger charge is -2.11. The predicted molar refractivity (Wildman–Crippen MR) is 85.2 cm³/mol. The quantitative estimate of drug-likeness (QED) is 0.911. The Bertz CT molecular complexity index is 633. The van der Waals surface area contributed by atoms with Crippen LogP contribution in [0.5, 0.6) is 0 Å². The molecule has 0 saturated heterocycles. The molecule has 2 aromatic carbocycles. The maximum atomic E-state index is 12.2. The zero-order valence-corrected chi connectivity index (χ0v) is 12.2. The van der Waals surface area contributed by atoms with Gasteiger partial charge >= 0.3 is 0 Å². The van der Waals surface area contributed by atoms with E-state index in [1.165, 1.54) is 24.0 Å². The lowest BCUT2D eigenvalue weighted by Crippen LogP contribution is -2.16. The molecule has 0 heterocycles. The molecule has 2 N–H and O–H groups in total. The van der Waals surface area contributed by atoms with Gasteiger partial charge in [0.05, 0.1) is 0 Å². The van der Waals surface area contributed by atoms with E-state index in [0.29, 0.717) is 12.8 Å². The van der Waals surface area contributed by atoms with Crippen molar-refractivity contribution in [3.05, 3.63) is 70.8 Å². The number of nitrogens with two attached hydrogens (primary N) is 1. The molecule has 0 fully saturated rings. The number of hydrogen-bond acceptors (Lipinski definition) is 2. The van der Waals surface area contributed by atoms with Crippen LogP contribution in [0.25, 0.3) is 0 Å². The third-order valence-corrected chi connectivity index (χ3v) is 4.24. The van der Waals surface area contributed by atoms with Gasteiger partial charge in [0.25, 0.3) is 0 Å². The fraction of sp³-hybridized carbons (Fsp3) is 0.316. The molecule has 21 heavy (non-hydrogen) atoms. The number of carbonyl (C=O) groups is 1. The second-order valence-corrected chi connectivity index (χ2v) is 5.89. The summed E-state index contributed by atoms with van der Waals surface area (Å²) in [5, 5.41) is 0. The summed E-state index contributed by atoms with van der Waals surface area (Å²) in [6.45, 7) is 0. The summed E-state index contributed by atoms with van der Waals surface area (Å²) in [5.74, 6) is 0.212. The smallest absolute Gasteiger partial charge is 0.139 e. The number of aryl methyl sites for hydroxylation is 2. The van der Waals surface area contributed by atoms with Crippen molar-refractivity contribution < 1.29 is 4.79 Å². The van der Waals surface area contributed by atoms with Crippen LogP contribution in [0, 0.1) is 0 Å². The average molecular weight is 279 g/mol. The van der Waals surface area contributed by atoms with Crippen LogP contribution in [0.1, 0.15) is 41.1 Å². The molecule has 0 saturated carbocycles. The highest BCUT2D eigenvalue weighted by Gasteiger charge is 2.14. The van der Waals surface area contributed by atoms with Crippen molar-refractivity contribution in [2.75, 3.05) is 0 Å². The number of hydrogen-bond donors (Lipinski definition) is 1. The molecule has 1 aliphatic carbocycles. The highest BCUT2D eigenvalue weighted by Crippen LogP contribution is 2.23. The van der Waals surface area contributed by atoms with Crippen molar-refractivity contribution in [1.82, 2.24) is 0 Å². The standard InChI is InChI=1S/C19H21NO/c20-19(16-5-2-1-3-6-16)13-18(21)12-14-9-10-15-7-4-8-17(15)11-14/h1-3,5-6,9-11,19H,4,7-8,12-13,20H2. The van der Waals surface area contributed by atoms with Crippen molar-refractivity contribution in [3.63, 3.8) is 0 Å². The Hall–Kier alpha value is -1.93. The third kappa shape index (κ3) is 3.40. The van der Waals surface area contributed by atoms with Gasteiger partial charge in [-0.25, -0.2) is 0 Å². The minimum atomic E-state index is -0.201. The van der Waals surface area contributed by atoms with Crippen molar-refractivity contribution in [3.8, 4) is 0 Å². The van der Waals surface area contributed by atoms with Gasteiger partial charge in [-0.1, -0.05) is 48.5 Å². The number of fused-ring (bicyclic) bond motifs is 1. The van der Waals surface area contributed by atoms with E-state index in [1.807, 2.05) is 30.3 Å². The van der Waals surface area contributed by atoms with Gasteiger partial charge in [-0.15, -0.1) is 0 Å². The first-order valence-corrected chi connectivity index (χ1v) is 7.65. The molecule has 2 nitrogen and oxygen atoms in total. The maximum Gasteiger partial charge on any atom is 0.139 e. The number of ketones is 1. The number of Topliss-reactive ketones (excluding diaryl/α,β-unsaturated/α-hetero) is 1. The summed E-state index contributed by atoms with van der Waals surface area (Å²) in [5.41, 5.74) is 11.1. The van der Waals surface area contributed by atoms with E-state index in [4.69, 9.17) is 5.73 Å². The summed E-state index contributed by atoms with van der Waals surface area (Å²) in [6, 6.07) is 16.1. The van der Waals surface area contributed by atoms with Crippen LogP contribution in [-0.4, -0.2) is 5.78 Å². The molecule has 0 amide bonds. The Morgan fingerprint density at radius 3 is 2.62 bits per heavy atom. The first-order chi connectivity index (χ1) is 10.2. The van der Waals surface area contributed by atoms with E-state index in [0.717, 1.165) is 17.5 Å². The van der Waals surface area contributed by atoms with Gasteiger partial charge in [0.15, 0.2) is 0 Å². The Balaban J connectivity index is 1.61. The van der Waals surface area contributed by atoms with E-state index < -0.39 is 0 Å². The molecule has 0 spiro atoms. The van der Waals surface area contributed by atoms with E-state index in [-0.39, 0.29) is 11.8 Å². The molecular formula is C19H21NO. The summed E-state index contributed by atoms with van der Waals surface area (Å²) in [7, 11) is 0. The van der Waals surface area contributed by atoms with E-state index in [1.54, 1.807) is 0 Å². The van der Waals surface area contributed by atoms with E-state index in [2.05, 4.69) is 18.2 Å². The van der Waals surface area contributed by atoms with Crippen molar-refractivity contribution in [2.24, 2.45) is 5.73 Å². The molecule has 2 heteroatoms. The number of carbonyl (C=O) groups excluding carboxylic acids is 1. The van der Waals surface area contributed by atoms with Crippen LogP contribution in [0.15, 0.2) is 48.5 Å². The van der Waals surface area contributed by atoms with Crippen LogP contribution < -0.4 is 5.73 Å². The summed E-state index contributed by atoms with van der Waals surface area (Å²) in [6.07, 6.45) is 4.48. The van der Waals surface area contributed by atoms with Crippen LogP contribution in [-0.2, 0) is 24.1 Å². The maximum absolute atomic E-state index is 12.2. The Kier molecular flexibility index (Phi) is 4.16. The van der Waals surface area contributed by atoms with Crippen molar-refractivity contribution in [2.45, 2.75) is 38.1 Å². The first kappa shape index (κ1) is 14.0. The first-order valence-electron chi connectivity index (χ1n) is 7.65. The monoisotopic (exact) mass is 279 g/mol. The fourth-order valence-corrected chi connectivity index (χ4v) is 3.10. The second-order valence-electron chi connectivity index (χ2n) is 5.89. The molecular weight excluding hydrogens is 258 g/mol. The Morgan fingerprint density at radius 2 is 1.81 bits per heavy atom. The molecule has 2 aromatic rings. The second kappa shape index (κ2) is 6.23. The van der Waals surface area contributed by atoms with Crippen molar-refractivity contribution in [1.29, 1.82) is 0 Å². The molecule has 1 aliphatic rings. The normalized spacial score (nSPS) is 14.7. The van der Waals surface area contributed by atoms with Gasteiger partial charge in [0.1, 0.15) is 5.78 Å². The third-order valence-electron chi connectivity index (χ3n) is 4.24. The van der Waals surface area contributed by atoms with Gasteiger partial charge in [-0.05, 0) is 41.5 Å². The SMILES string of the molecule is NC(CC(=O)Cc1ccc2c(c1)CCC2)c1ccccc1. The van der Waals surface area contributed by atoms with Gasteiger partial charge in [0.2, 0.25) is 0 Å². The average Bonchev–Trinajstić information content (AvgIpc) is 2.95. The number of benzene rings is 2. The molecule has 108 valence electrons. The molecule has 1 unspecified atom stereocenters. The topological polar surface area (TPSA) is 43.1 Å². The van der Waals surface area contributed by atoms with Gasteiger partial charge in [-0.2, -0.15) is 0 Å². The van der Waals surface area contributed by atoms with Gasteiger partial charge in [0, 0.05) is 18.9 Å². The molecule has 0 aromatic heterocycles. The van der Waals surface area contributed by atoms with Gasteiger partial charge in [-0.3, -0.25) is 4.79 Å². The van der Waals surface area contributed by atoms with Crippen LogP contribution >= 0.6 is 0 Å². The zero-order chi connectivity index (χ0) is 14.7.